The van der Waals surface area contributed by atoms with E-state index in [0.717, 1.165) is 11.4 Å². The first-order chi connectivity index (χ1) is 7.31. The van der Waals surface area contributed by atoms with Gasteiger partial charge >= 0.3 is 0 Å². The molecule has 80 valence electrons. The SMILES string of the molecule is CC(CCO)Sc1cncc2nnnn12. The molecule has 1 unspecified atom stereocenters. The number of rotatable bonds is 4. The summed E-state index contributed by atoms with van der Waals surface area (Å²) in [5.74, 6) is 0. The average Bonchev–Trinajstić information content (AvgIpc) is 2.67. The zero-order valence-electron chi connectivity index (χ0n) is 8.24. The van der Waals surface area contributed by atoms with Crippen LogP contribution in [0.5, 0.6) is 0 Å². The summed E-state index contributed by atoms with van der Waals surface area (Å²) in [6, 6.07) is 0. The van der Waals surface area contributed by atoms with E-state index in [-0.39, 0.29) is 6.61 Å². The summed E-state index contributed by atoms with van der Waals surface area (Å²) in [6.45, 7) is 2.23. The van der Waals surface area contributed by atoms with Crippen LogP contribution in [-0.2, 0) is 0 Å². The standard InChI is InChI=1S/C8H11N5OS/c1-6(2-3-14)15-8-5-9-4-7-10-11-12-13(7)8/h4-6,14H,2-3H2,1H3. The number of hydrogen-bond donors (Lipinski definition) is 1. The second-order valence-corrected chi connectivity index (χ2v) is 4.59. The molecule has 0 radical (unpaired) electrons. The predicted octanol–water partition coefficient (Wildman–Crippen LogP) is 0.382. The maximum atomic E-state index is 8.81. The normalized spacial score (nSPS) is 13.2. The zero-order chi connectivity index (χ0) is 10.7. The van der Waals surface area contributed by atoms with Gasteiger partial charge in [-0.25, -0.2) is 0 Å². The van der Waals surface area contributed by atoms with Gasteiger partial charge in [0.05, 0.1) is 12.4 Å². The minimum absolute atomic E-state index is 0.188. The molecule has 0 aliphatic rings. The second-order valence-electron chi connectivity index (χ2n) is 3.14. The van der Waals surface area contributed by atoms with Crippen LogP contribution in [0.25, 0.3) is 5.65 Å². The Hall–Kier alpha value is -1.21. The molecule has 0 saturated heterocycles. The van der Waals surface area contributed by atoms with Crippen LogP contribution in [0.4, 0.5) is 0 Å². The smallest absolute Gasteiger partial charge is 0.198 e. The molecule has 15 heavy (non-hydrogen) atoms. The minimum Gasteiger partial charge on any atom is -0.396 e. The molecule has 7 heteroatoms. The number of fused-ring (bicyclic) bond motifs is 1. The molecule has 2 aromatic rings. The number of nitrogens with zero attached hydrogens (tertiary/aromatic N) is 5. The van der Waals surface area contributed by atoms with Crippen molar-refractivity contribution in [3.05, 3.63) is 12.4 Å². The van der Waals surface area contributed by atoms with Crippen LogP contribution in [0, 0.1) is 0 Å². The van der Waals surface area contributed by atoms with Gasteiger partial charge in [-0.1, -0.05) is 6.92 Å². The molecule has 0 fully saturated rings. The van der Waals surface area contributed by atoms with Crippen LogP contribution in [0.3, 0.4) is 0 Å². The van der Waals surface area contributed by atoms with Gasteiger partial charge in [-0.05, 0) is 16.8 Å². The monoisotopic (exact) mass is 225 g/mol. The van der Waals surface area contributed by atoms with E-state index in [0.29, 0.717) is 10.9 Å². The summed E-state index contributed by atoms with van der Waals surface area (Å²) < 4.78 is 1.64. The number of tetrazole rings is 1. The van der Waals surface area contributed by atoms with Crippen molar-refractivity contribution < 1.29 is 5.11 Å². The molecule has 0 aromatic carbocycles. The van der Waals surface area contributed by atoms with Crippen molar-refractivity contribution in [2.24, 2.45) is 0 Å². The third-order valence-electron chi connectivity index (χ3n) is 1.93. The summed E-state index contributed by atoms with van der Waals surface area (Å²) in [5.41, 5.74) is 0.635. The van der Waals surface area contributed by atoms with E-state index in [1.807, 2.05) is 6.92 Å². The minimum atomic E-state index is 0.188. The molecular weight excluding hydrogens is 214 g/mol. The van der Waals surface area contributed by atoms with Gasteiger partial charge in [0.25, 0.3) is 0 Å². The van der Waals surface area contributed by atoms with E-state index in [1.165, 1.54) is 0 Å². The maximum absolute atomic E-state index is 8.81. The van der Waals surface area contributed by atoms with Gasteiger partial charge in [-0.2, -0.15) is 4.52 Å². The van der Waals surface area contributed by atoms with Crippen LogP contribution in [0.1, 0.15) is 13.3 Å². The first-order valence-corrected chi connectivity index (χ1v) is 5.49. The maximum Gasteiger partial charge on any atom is 0.198 e. The Morgan fingerprint density at radius 2 is 2.40 bits per heavy atom. The molecule has 0 saturated carbocycles. The molecule has 6 nitrogen and oxygen atoms in total. The zero-order valence-corrected chi connectivity index (χ0v) is 9.05. The molecule has 0 aliphatic carbocycles. The van der Waals surface area contributed by atoms with E-state index in [2.05, 4.69) is 20.5 Å². The van der Waals surface area contributed by atoms with Crippen LogP contribution in [0.15, 0.2) is 17.4 Å². The van der Waals surface area contributed by atoms with E-state index >= 15 is 0 Å². The van der Waals surface area contributed by atoms with Crippen molar-refractivity contribution in [2.45, 2.75) is 23.6 Å². The highest BCUT2D eigenvalue weighted by Crippen LogP contribution is 2.23. The van der Waals surface area contributed by atoms with Crippen LogP contribution >= 0.6 is 11.8 Å². The first-order valence-electron chi connectivity index (χ1n) is 4.61. The van der Waals surface area contributed by atoms with Gasteiger partial charge < -0.3 is 5.11 Å². The Kier molecular flexibility index (Phi) is 3.12. The van der Waals surface area contributed by atoms with E-state index < -0.39 is 0 Å². The summed E-state index contributed by atoms with van der Waals surface area (Å²) in [7, 11) is 0. The Labute approximate surface area is 90.7 Å². The van der Waals surface area contributed by atoms with Crippen molar-refractivity contribution in [3.8, 4) is 0 Å². The topological polar surface area (TPSA) is 76.2 Å². The lowest BCUT2D eigenvalue weighted by Crippen LogP contribution is -2.02. The molecule has 0 bridgehead atoms. The number of aliphatic hydroxyl groups excluding tert-OH is 1. The van der Waals surface area contributed by atoms with E-state index in [1.54, 1.807) is 28.7 Å². The van der Waals surface area contributed by atoms with Gasteiger partial charge in [-0.3, -0.25) is 4.98 Å². The quantitative estimate of drug-likeness (QED) is 0.758. The van der Waals surface area contributed by atoms with Crippen molar-refractivity contribution in [2.75, 3.05) is 6.61 Å². The van der Waals surface area contributed by atoms with Crippen molar-refractivity contribution >= 4 is 17.4 Å². The first kappa shape index (κ1) is 10.3. The summed E-state index contributed by atoms with van der Waals surface area (Å²) in [6.07, 6.45) is 4.08. The lowest BCUT2D eigenvalue weighted by molar-refractivity contribution is 0.289. The Morgan fingerprint density at radius 1 is 1.53 bits per heavy atom. The molecule has 2 heterocycles. The number of thioether (sulfide) groups is 1. The molecule has 0 aliphatic heterocycles. The van der Waals surface area contributed by atoms with E-state index in [9.17, 15) is 0 Å². The fourth-order valence-corrected chi connectivity index (χ4v) is 2.17. The highest BCUT2D eigenvalue weighted by Gasteiger charge is 2.09. The number of aromatic nitrogens is 5. The van der Waals surface area contributed by atoms with Gasteiger partial charge in [-0.15, -0.1) is 16.9 Å². The second kappa shape index (κ2) is 4.54. The fraction of sp³-hybridized carbons (Fsp3) is 0.500. The third-order valence-corrected chi connectivity index (χ3v) is 3.09. The molecule has 0 amide bonds. The van der Waals surface area contributed by atoms with Crippen LogP contribution in [0.2, 0.25) is 0 Å². The average molecular weight is 225 g/mol. The van der Waals surface area contributed by atoms with Crippen molar-refractivity contribution in [1.82, 2.24) is 25.0 Å². The van der Waals surface area contributed by atoms with Crippen LogP contribution in [-0.4, -0.2) is 42.0 Å². The Morgan fingerprint density at radius 3 is 3.20 bits per heavy atom. The lowest BCUT2D eigenvalue weighted by atomic mass is 10.3. The largest absolute Gasteiger partial charge is 0.396 e. The molecule has 0 spiro atoms. The number of aliphatic hydroxyl groups is 1. The number of hydrogen-bond acceptors (Lipinski definition) is 6. The predicted molar refractivity (Wildman–Crippen MR) is 55.6 cm³/mol. The molecule has 1 atom stereocenters. The molecule has 2 rings (SSSR count). The summed E-state index contributed by atoms with van der Waals surface area (Å²) in [5, 5.41) is 21.3. The Bertz CT molecular complexity index is 445. The third kappa shape index (κ3) is 2.24. The summed E-state index contributed by atoms with van der Waals surface area (Å²) >= 11 is 1.60. The molecule has 1 N–H and O–H groups in total. The van der Waals surface area contributed by atoms with Crippen molar-refractivity contribution in [3.63, 3.8) is 0 Å². The molecular formula is C8H11N5OS. The van der Waals surface area contributed by atoms with Gasteiger partial charge in [0.2, 0.25) is 0 Å². The van der Waals surface area contributed by atoms with Gasteiger partial charge in [0, 0.05) is 11.9 Å². The van der Waals surface area contributed by atoms with Crippen LogP contribution < -0.4 is 0 Å². The summed E-state index contributed by atoms with van der Waals surface area (Å²) in [4.78, 5) is 4.05. The Balaban J connectivity index is 2.23. The van der Waals surface area contributed by atoms with Crippen molar-refractivity contribution in [1.29, 1.82) is 0 Å². The van der Waals surface area contributed by atoms with E-state index in [4.69, 9.17) is 5.11 Å². The van der Waals surface area contributed by atoms with Gasteiger partial charge in [0.15, 0.2) is 5.65 Å². The van der Waals surface area contributed by atoms with Gasteiger partial charge in [0.1, 0.15) is 5.03 Å². The fourth-order valence-electron chi connectivity index (χ4n) is 1.18. The molecule has 2 aromatic heterocycles. The highest BCUT2D eigenvalue weighted by molar-refractivity contribution is 7.99. The lowest BCUT2D eigenvalue weighted by Gasteiger charge is -2.08. The highest BCUT2D eigenvalue weighted by atomic mass is 32.2.